The van der Waals surface area contributed by atoms with Crippen molar-refractivity contribution in [2.45, 2.75) is 18.9 Å². The maximum absolute atomic E-state index is 12.4. The topological polar surface area (TPSA) is 38.1 Å². The molecule has 104 valence electrons. The molecule has 0 unspecified atom stereocenters. The Kier molecular flexibility index (Phi) is 3.74. The van der Waals surface area contributed by atoms with Crippen LogP contribution in [0, 0.1) is 0 Å². The molecule has 3 rings (SSSR count). The van der Waals surface area contributed by atoms with E-state index >= 15 is 0 Å². The molecule has 0 N–H and O–H groups in total. The lowest BCUT2D eigenvalue weighted by Gasteiger charge is -2.32. The van der Waals surface area contributed by atoms with Crippen LogP contribution >= 0.6 is 11.6 Å². The number of nitrogens with zero attached hydrogens (tertiary/aromatic N) is 3. The Bertz CT molecular complexity index is 572. The van der Waals surface area contributed by atoms with E-state index < -0.39 is 0 Å². The van der Waals surface area contributed by atoms with Crippen molar-refractivity contribution in [3.63, 3.8) is 0 Å². The molecule has 2 heterocycles. The van der Waals surface area contributed by atoms with Gasteiger partial charge in [-0.3, -0.25) is 9.48 Å². The summed E-state index contributed by atoms with van der Waals surface area (Å²) >= 11 is 5.84. The number of carbonyl (C=O) groups is 1. The monoisotopic (exact) mass is 289 g/mol. The van der Waals surface area contributed by atoms with Gasteiger partial charge in [-0.05, 0) is 43.2 Å². The van der Waals surface area contributed by atoms with Crippen molar-refractivity contribution in [2.24, 2.45) is 0 Å². The molecule has 20 heavy (non-hydrogen) atoms. The molecule has 5 heteroatoms. The molecule has 1 saturated heterocycles. The highest BCUT2D eigenvalue weighted by Crippen LogP contribution is 2.23. The van der Waals surface area contributed by atoms with E-state index in [1.165, 1.54) is 0 Å². The first-order valence-corrected chi connectivity index (χ1v) is 7.16. The summed E-state index contributed by atoms with van der Waals surface area (Å²) in [6, 6.07) is 9.41. The first-order chi connectivity index (χ1) is 9.74. The van der Waals surface area contributed by atoms with Crippen LogP contribution in [0.3, 0.4) is 0 Å². The highest BCUT2D eigenvalue weighted by molar-refractivity contribution is 6.30. The van der Waals surface area contributed by atoms with Gasteiger partial charge in [-0.25, -0.2) is 0 Å². The van der Waals surface area contributed by atoms with Gasteiger partial charge in [0.05, 0.1) is 6.04 Å². The van der Waals surface area contributed by atoms with Crippen LogP contribution in [0.25, 0.3) is 0 Å². The van der Waals surface area contributed by atoms with E-state index in [0.717, 1.165) is 25.9 Å². The molecule has 0 bridgehead atoms. The lowest BCUT2D eigenvalue weighted by atomic mass is 10.0. The smallest absolute Gasteiger partial charge is 0.253 e. The molecule has 4 nitrogen and oxygen atoms in total. The van der Waals surface area contributed by atoms with Gasteiger partial charge in [0.2, 0.25) is 0 Å². The first-order valence-electron chi connectivity index (χ1n) is 6.78. The van der Waals surface area contributed by atoms with Gasteiger partial charge in [-0.2, -0.15) is 5.10 Å². The van der Waals surface area contributed by atoms with Crippen molar-refractivity contribution in [3.05, 3.63) is 53.3 Å². The number of rotatable bonds is 2. The van der Waals surface area contributed by atoms with E-state index in [1.54, 1.807) is 30.5 Å². The molecule has 0 saturated carbocycles. The summed E-state index contributed by atoms with van der Waals surface area (Å²) in [5.41, 5.74) is 0.701. The molecular weight excluding hydrogens is 274 g/mol. The van der Waals surface area contributed by atoms with Gasteiger partial charge in [0.25, 0.3) is 5.91 Å². The van der Waals surface area contributed by atoms with Crippen LogP contribution in [-0.4, -0.2) is 33.7 Å². The second-order valence-electron chi connectivity index (χ2n) is 5.02. The third kappa shape index (κ3) is 2.70. The molecule has 2 aromatic rings. The molecule has 1 aromatic carbocycles. The Morgan fingerprint density at radius 3 is 2.50 bits per heavy atom. The van der Waals surface area contributed by atoms with Crippen LogP contribution in [0.4, 0.5) is 0 Å². The van der Waals surface area contributed by atoms with Crippen molar-refractivity contribution in [2.75, 3.05) is 13.1 Å². The number of hydrogen-bond acceptors (Lipinski definition) is 2. The van der Waals surface area contributed by atoms with E-state index in [1.807, 2.05) is 21.8 Å². The third-order valence-electron chi connectivity index (χ3n) is 3.74. The number of piperidine rings is 1. The van der Waals surface area contributed by atoms with Crippen molar-refractivity contribution in [1.82, 2.24) is 14.7 Å². The van der Waals surface area contributed by atoms with Gasteiger partial charge in [0.15, 0.2) is 0 Å². The maximum Gasteiger partial charge on any atom is 0.253 e. The van der Waals surface area contributed by atoms with Crippen molar-refractivity contribution < 1.29 is 4.79 Å². The van der Waals surface area contributed by atoms with Crippen LogP contribution in [0.5, 0.6) is 0 Å². The average molecular weight is 290 g/mol. The Morgan fingerprint density at radius 1 is 1.20 bits per heavy atom. The fourth-order valence-corrected chi connectivity index (χ4v) is 2.73. The number of amides is 1. The van der Waals surface area contributed by atoms with Crippen LogP contribution < -0.4 is 0 Å². The zero-order chi connectivity index (χ0) is 13.9. The van der Waals surface area contributed by atoms with Gasteiger partial charge < -0.3 is 4.90 Å². The van der Waals surface area contributed by atoms with Crippen LogP contribution in [0.15, 0.2) is 42.7 Å². The highest BCUT2D eigenvalue weighted by atomic mass is 35.5. The Labute approximate surface area is 123 Å². The predicted molar refractivity (Wildman–Crippen MR) is 77.9 cm³/mol. The minimum absolute atomic E-state index is 0.0839. The second kappa shape index (κ2) is 5.67. The van der Waals surface area contributed by atoms with E-state index in [9.17, 15) is 4.79 Å². The summed E-state index contributed by atoms with van der Waals surface area (Å²) in [7, 11) is 0. The zero-order valence-corrected chi connectivity index (χ0v) is 11.8. The van der Waals surface area contributed by atoms with Crippen molar-refractivity contribution in [1.29, 1.82) is 0 Å². The fourth-order valence-electron chi connectivity index (χ4n) is 2.61. The van der Waals surface area contributed by atoms with Crippen molar-refractivity contribution in [3.8, 4) is 0 Å². The molecule has 1 aromatic heterocycles. The Hall–Kier alpha value is -1.81. The van der Waals surface area contributed by atoms with Gasteiger partial charge in [0.1, 0.15) is 0 Å². The second-order valence-corrected chi connectivity index (χ2v) is 5.45. The number of halogens is 1. The number of carbonyl (C=O) groups excluding carboxylic acids is 1. The minimum atomic E-state index is 0.0839. The van der Waals surface area contributed by atoms with Crippen LogP contribution in [-0.2, 0) is 0 Å². The van der Waals surface area contributed by atoms with Gasteiger partial charge in [-0.1, -0.05) is 11.6 Å². The normalized spacial score (nSPS) is 16.4. The largest absolute Gasteiger partial charge is 0.338 e. The summed E-state index contributed by atoms with van der Waals surface area (Å²) in [4.78, 5) is 14.3. The van der Waals surface area contributed by atoms with E-state index in [0.29, 0.717) is 16.6 Å². The minimum Gasteiger partial charge on any atom is -0.338 e. The standard InChI is InChI=1S/C15H16ClN3O/c16-13-4-2-12(3-5-13)15(20)18-10-6-14(7-11-18)19-9-1-8-17-19/h1-5,8-9,14H,6-7,10-11H2. The quantitative estimate of drug-likeness (QED) is 0.852. The Morgan fingerprint density at radius 2 is 1.90 bits per heavy atom. The fraction of sp³-hybridized carbons (Fsp3) is 0.333. The first kappa shape index (κ1) is 13.2. The molecule has 0 aliphatic carbocycles. The van der Waals surface area contributed by atoms with Gasteiger partial charge in [0, 0.05) is 36.1 Å². The van der Waals surface area contributed by atoms with E-state index in [2.05, 4.69) is 5.10 Å². The molecule has 1 fully saturated rings. The molecule has 0 atom stereocenters. The lowest BCUT2D eigenvalue weighted by Crippen LogP contribution is -2.39. The highest BCUT2D eigenvalue weighted by Gasteiger charge is 2.24. The average Bonchev–Trinajstić information content (AvgIpc) is 3.02. The third-order valence-corrected chi connectivity index (χ3v) is 3.99. The summed E-state index contributed by atoms with van der Waals surface area (Å²) in [6.45, 7) is 1.54. The van der Waals surface area contributed by atoms with Gasteiger partial charge >= 0.3 is 0 Å². The number of aromatic nitrogens is 2. The molecular formula is C15H16ClN3O. The molecule has 0 spiro atoms. The zero-order valence-electron chi connectivity index (χ0n) is 11.1. The number of hydrogen-bond donors (Lipinski definition) is 0. The van der Waals surface area contributed by atoms with Crippen LogP contribution in [0.1, 0.15) is 29.2 Å². The molecule has 1 amide bonds. The summed E-state index contributed by atoms with van der Waals surface area (Å²) in [6.07, 6.45) is 5.68. The van der Waals surface area contributed by atoms with Gasteiger partial charge in [-0.15, -0.1) is 0 Å². The summed E-state index contributed by atoms with van der Waals surface area (Å²) < 4.78 is 1.99. The molecule has 1 aliphatic heterocycles. The maximum atomic E-state index is 12.4. The Balaban J connectivity index is 1.63. The predicted octanol–water partition coefficient (Wildman–Crippen LogP) is 3.01. The summed E-state index contributed by atoms with van der Waals surface area (Å²) in [5.74, 6) is 0.0839. The van der Waals surface area contributed by atoms with E-state index in [4.69, 9.17) is 11.6 Å². The lowest BCUT2D eigenvalue weighted by molar-refractivity contribution is 0.0690. The molecule has 1 aliphatic rings. The van der Waals surface area contributed by atoms with E-state index in [-0.39, 0.29) is 5.91 Å². The SMILES string of the molecule is O=C(c1ccc(Cl)cc1)N1CCC(n2cccn2)CC1. The summed E-state index contributed by atoms with van der Waals surface area (Å²) in [5, 5.41) is 4.93. The number of benzene rings is 1. The number of likely N-dealkylation sites (tertiary alicyclic amines) is 1. The van der Waals surface area contributed by atoms with Crippen LogP contribution in [0.2, 0.25) is 5.02 Å². The van der Waals surface area contributed by atoms with Crippen molar-refractivity contribution >= 4 is 17.5 Å². The molecule has 0 radical (unpaired) electrons.